The van der Waals surface area contributed by atoms with Crippen LogP contribution in [0.2, 0.25) is 5.02 Å². The number of halogens is 4. The number of aromatic nitrogens is 1. The highest BCUT2D eigenvalue weighted by molar-refractivity contribution is 6.31. The molecule has 2 heterocycles. The summed E-state index contributed by atoms with van der Waals surface area (Å²) in [5.74, 6) is 0.175. The molecule has 0 aliphatic carbocycles. The van der Waals surface area contributed by atoms with E-state index in [1.807, 2.05) is 19.9 Å². The molecule has 39 heavy (non-hydrogen) atoms. The van der Waals surface area contributed by atoms with E-state index in [1.54, 1.807) is 12.1 Å². The molecule has 0 amide bonds. The molecule has 1 fully saturated rings. The van der Waals surface area contributed by atoms with Gasteiger partial charge in [0.1, 0.15) is 5.75 Å². The summed E-state index contributed by atoms with van der Waals surface area (Å²) in [5.41, 5.74) is 8.59. The summed E-state index contributed by atoms with van der Waals surface area (Å²) in [6.45, 7) is 6.70. The van der Waals surface area contributed by atoms with Crippen LogP contribution in [0.3, 0.4) is 0 Å². The van der Waals surface area contributed by atoms with Gasteiger partial charge in [0, 0.05) is 17.8 Å². The number of nitrogens with zero attached hydrogens (tertiary/aromatic N) is 2. The van der Waals surface area contributed by atoms with Gasteiger partial charge < -0.3 is 4.74 Å². The standard InChI is InChI=1S/C32H30ClF3N2O/c1-21-30(19-31(33)22(2)37-21)28-9-7-25(8-10-28)24-5-3-23(4-6-24)20-38-17-15-27(16-18-38)26-11-13-29(14-12-26)39-32(34,35)36/h3-14,19,27H,15-18,20H2,1-2H3. The predicted molar refractivity (Wildman–Crippen MR) is 150 cm³/mol. The van der Waals surface area contributed by atoms with Crippen LogP contribution in [0.4, 0.5) is 13.2 Å². The molecule has 0 bridgehead atoms. The van der Waals surface area contributed by atoms with Gasteiger partial charge in [0.05, 0.1) is 10.7 Å². The highest BCUT2D eigenvalue weighted by atomic mass is 35.5. The average molecular weight is 551 g/mol. The first-order valence-corrected chi connectivity index (χ1v) is 13.4. The van der Waals surface area contributed by atoms with Crippen LogP contribution in [-0.2, 0) is 6.54 Å². The fourth-order valence-electron chi connectivity index (χ4n) is 5.26. The van der Waals surface area contributed by atoms with Gasteiger partial charge >= 0.3 is 6.36 Å². The van der Waals surface area contributed by atoms with Crippen molar-refractivity contribution < 1.29 is 17.9 Å². The van der Waals surface area contributed by atoms with Crippen molar-refractivity contribution in [2.75, 3.05) is 13.1 Å². The summed E-state index contributed by atoms with van der Waals surface area (Å²) in [5, 5.41) is 0.674. The van der Waals surface area contributed by atoms with Crippen molar-refractivity contribution in [3.05, 3.63) is 106 Å². The van der Waals surface area contributed by atoms with Gasteiger partial charge in [-0.25, -0.2) is 0 Å². The number of hydrogen-bond acceptors (Lipinski definition) is 3. The summed E-state index contributed by atoms with van der Waals surface area (Å²) in [6, 6.07) is 25.5. The zero-order valence-electron chi connectivity index (χ0n) is 21.9. The molecule has 0 saturated carbocycles. The van der Waals surface area contributed by atoms with Crippen molar-refractivity contribution in [3.8, 4) is 28.0 Å². The first-order chi connectivity index (χ1) is 18.6. The largest absolute Gasteiger partial charge is 0.573 e. The van der Waals surface area contributed by atoms with Crippen LogP contribution in [0.1, 0.15) is 41.3 Å². The van der Waals surface area contributed by atoms with Gasteiger partial charge in [-0.15, -0.1) is 13.2 Å². The third-order valence-corrected chi connectivity index (χ3v) is 7.79. The van der Waals surface area contributed by atoms with E-state index < -0.39 is 6.36 Å². The monoisotopic (exact) mass is 550 g/mol. The van der Waals surface area contributed by atoms with E-state index in [4.69, 9.17) is 11.6 Å². The number of hydrogen-bond donors (Lipinski definition) is 0. The van der Waals surface area contributed by atoms with Gasteiger partial charge in [0.25, 0.3) is 0 Å². The molecule has 0 atom stereocenters. The average Bonchev–Trinajstić information content (AvgIpc) is 2.91. The van der Waals surface area contributed by atoms with Crippen molar-refractivity contribution >= 4 is 11.6 Å². The topological polar surface area (TPSA) is 25.4 Å². The van der Waals surface area contributed by atoms with Gasteiger partial charge in [-0.2, -0.15) is 0 Å². The summed E-state index contributed by atoms with van der Waals surface area (Å²) >= 11 is 6.30. The zero-order chi connectivity index (χ0) is 27.6. The Morgan fingerprint density at radius 2 is 1.38 bits per heavy atom. The lowest BCUT2D eigenvalue weighted by Gasteiger charge is -2.32. The third kappa shape index (κ3) is 6.81. The molecule has 0 N–H and O–H groups in total. The Bertz CT molecular complexity index is 1410. The molecule has 0 radical (unpaired) electrons. The lowest BCUT2D eigenvalue weighted by Crippen LogP contribution is -2.32. The minimum absolute atomic E-state index is 0.174. The Hall–Kier alpha value is -3.35. The second-order valence-corrected chi connectivity index (χ2v) is 10.5. The number of piperidine rings is 1. The maximum atomic E-state index is 12.4. The molecule has 3 nitrogen and oxygen atoms in total. The van der Waals surface area contributed by atoms with Crippen LogP contribution in [0.15, 0.2) is 78.9 Å². The molecule has 4 aromatic rings. The summed E-state index contributed by atoms with van der Waals surface area (Å²) in [6.07, 6.45) is -2.71. The second-order valence-electron chi connectivity index (χ2n) is 10.1. The van der Waals surface area contributed by atoms with Gasteiger partial charge in [-0.3, -0.25) is 9.88 Å². The van der Waals surface area contributed by atoms with Crippen LogP contribution in [0, 0.1) is 13.8 Å². The second kappa shape index (κ2) is 11.4. The first-order valence-electron chi connectivity index (χ1n) is 13.1. The quantitative estimate of drug-likeness (QED) is 0.239. The SMILES string of the molecule is Cc1nc(C)c(-c2ccc(-c3ccc(CN4CCC(c5ccc(OC(F)(F)F)cc5)CC4)cc3)cc2)cc1Cl. The number of likely N-dealkylation sites (tertiary alicyclic amines) is 1. The number of rotatable bonds is 6. The Morgan fingerprint density at radius 3 is 1.97 bits per heavy atom. The lowest BCUT2D eigenvalue weighted by atomic mass is 9.89. The number of pyridine rings is 1. The highest BCUT2D eigenvalue weighted by Crippen LogP contribution is 2.32. The van der Waals surface area contributed by atoms with E-state index in [0.717, 1.165) is 66.1 Å². The van der Waals surface area contributed by atoms with Crippen LogP contribution < -0.4 is 4.74 Å². The molecule has 5 rings (SSSR count). The normalized spacial score (nSPS) is 14.9. The van der Waals surface area contributed by atoms with E-state index in [9.17, 15) is 13.2 Å². The number of aryl methyl sites for hydroxylation is 2. The third-order valence-electron chi connectivity index (χ3n) is 7.40. The maximum absolute atomic E-state index is 12.4. The Balaban J connectivity index is 1.16. The number of ether oxygens (including phenoxy) is 1. The van der Waals surface area contributed by atoms with Gasteiger partial charge in [0.15, 0.2) is 0 Å². The molecular weight excluding hydrogens is 521 g/mol. The van der Waals surface area contributed by atoms with Crippen molar-refractivity contribution in [1.82, 2.24) is 9.88 Å². The van der Waals surface area contributed by atoms with Gasteiger partial charge in [-0.05, 0) is 91.7 Å². The minimum Gasteiger partial charge on any atom is -0.406 e. The molecule has 3 aromatic carbocycles. The highest BCUT2D eigenvalue weighted by Gasteiger charge is 2.31. The van der Waals surface area contributed by atoms with E-state index >= 15 is 0 Å². The maximum Gasteiger partial charge on any atom is 0.573 e. The molecule has 1 aliphatic rings. The molecule has 0 unspecified atom stereocenters. The molecule has 0 spiro atoms. The van der Waals surface area contributed by atoms with Crippen molar-refractivity contribution in [1.29, 1.82) is 0 Å². The van der Waals surface area contributed by atoms with E-state index in [1.165, 1.54) is 23.3 Å². The zero-order valence-corrected chi connectivity index (χ0v) is 22.7. The summed E-state index contributed by atoms with van der Waals surface area (Å²) in [4.78, 5) is 6.98. The predicted octanol–water partition coefficient (Wildman–Crippen LogP) is 8.96. The van der Waals surface area contributed by atoms with Crippen molar-refractivity contribution in [2.24, 2.45) is 0 Å². The van der Waals surface area contributed by atoms with Crippen LogP contribution in [0.5, 0.6) is 5.75 Å². The number of benzene rings is 3. The van der Waals surface area contributed by atoms with Gasteiger partial charge in [-0.1, -0.05) is 72.3 Å². The summed E-state index contributed by atoms with van der Waals surface area (Å²) < 4.78 is 41.2. The molecular formula is C32H30ClF3N2O. The lowest BCUT2D eigenvalue weighted by molar-refractivity contribution is -0.274. The van der Waals surface area contributed by atoms with Crippen LogP contribution in [-0.4, -0.2) is 29.3 Å². The number of alkyl halides is 3. The van der Waals surface area contributed by atoms with Crippen molar-refractivity contribution in [2.45, 2.75) is 45.5 Å². The van der Waals surface area contributed by atoms with Gasteiger partial charge in [0.2, 0.25) is 0 Å². The molecule has 7 heteroatoms. The smallest absolute Gasteiger partial charge is 0.406 e. The summed E-state index contributed by atoms with van der Waals surface area (Å²) in [7, 11) is 0. The van der Waals surface area contributed by atoms with E-state index in [-0.39, 0.29) is 5.75 Å². The molecule has 202 valence electrons. The Morgan fingerprint density at radius 1 is 0.821 bits per heavy atom. The minimum atomic E-state index is -4.66. The Labute approximate surface area is 232 Å². The van der Waals surface area contributed by atoms with Crippen LogP contribution in [0.25, 0.3) is 22.3 Å². The van der Waals surface area contributed by atoms with Crippen LogP contribution >= 0.6 is 11.6 Å². The first kappa shape index (κ1) is 27.2. The fraction of sp³-hybridized carbons (Fsp3) is 0.281. The molecule has 1 saturated heterocycles. The molecule has 1 aliphatic heterocycles. The molecule has 1 aromatic heterocycles. The Kier molecular flexibility index (Phi) is 7.96. The fourth-order valence-corrected chi connectivity index (χ4v) is 5.41. The van der Waals surface area contributed by atoms with E-state index in [0.29, 0.717) is 10.9 Å². The van der Waals surface area contributed by atoms with Crippen molar-refractivity contribution in [3.63, 3.8) is 0 Å². The van der Waals surface area contributed by atoms with E-state index in [2.05, 4.69) is 63.2 Å².